The monoisotopic (exact) mass is 323 g/mol. The van der Waals surface area contributed by atoms with Crippen molar-refractivity contribution in [2.45, 2.75) is 43.5 Å². The first-order valence-corrected chi connectivity index (χ1v) is 8.76. The fourth-order valence-electron chi connectivity index (χ4n) is 3.03. The smallest absolute Gasteiger partial charge is 0.264 e. The number of benzene rings is 1. The van der Waals surface area contributed by atoms with Gasteiger partial charge in [-0.2, -0.15) is 0 Å². The molecular formula is C14H17N3O4S. The van der Waals surface area contributed by atoms with Crippen LogP contribution in [0.4, 0.5) is 5.69 Å². The minimum atomic E-state index is -3.76. The van der Waals surface area contributed by atoms with Gasteiger partial charge in [-0.15, -0.1) is 0 Å². The van der Waals surface area contributed by atoms with Gasteiger partial charge in [0.2, 0.25) is 0 Å². The molecule has 1 aliphatic heterocycles. The van der Waals surface area contributed by atoms with Crippen molar-refractivity contribution in [1.82, 2.24) is 4.72 Å². The van der Waals surface area contributed by atoms with Crippen LogP contribution in [-0.2, 0) is 10.0 Å². The maximum absolute atomic E-state index is 12.1. The molecule has 118 valence electrons. The quantitative estimate of drug-likeness (QED) is 0.666. The van der Waals surface area contributed by atoms with Crippen LogP contribution in [0.2, 0.25) is 0 Å². The fourth-order valence-corrected chi connectivity index (χ4v) is 4.29. The van der Waals surface area contributed by atoms with E-state index >= 15 is 0 Å². The molecule has 8 heteroatoms. The summed E-state index contributed by atoms with van der Waals surface area (Å²) in [5, 5.41) is 10.8. The first-order chi connectivity index (χ1) is 10.4. The molecule has 0 radical (unpaired) electrons. The van der Waals surface area contributed by atoms with Gasteiger partial charge >= 0.3 is 0 Å². The Morgan fingerprint density at radius 1 is 1.32 bits per heavy atom. The predicted octanol–water partition coefficient (Wildman–Crippen LogP) is 2.21. The highest BCUT2D eigenvalue weighted by atomic mass is 32.2. The number of hydrogen-bond donors (Lipinski definition) is 1. The van der Waals surface area contributed by atoms with Crippen LogP contribution in [0.3, 0.4) is 0 Å². The molecule has 0 aromatic heterocycles. The lowest BCUT2D eigenvalue weighted by atomic mass is 9.86. The SMILES string of the molecule is C[C@@H]1CCCC[C@H]1N=C1NS(=O)(=O)c2cc([N+](=O)[O-])ccc21. The zero-order chi connectivity index (χ0) is 15.9. The minimum absolute atomic E-state index is 0.0658. The maximum atomic E-state index is 12.1. The van der Waals surface area contributed by atoms with Crippen molar-refractivity contribution in [3.8, 4) is 0 Å². The van der Waals surface area contributed by atoms with E-state index in [1.807, 2.05) is 0 Å². The molecule has 2 atom stereocenters. The third-order valence-corrected chi connectivity index (χ3v) is 5.69. The number of nitrogens with one attached hydrogen (secondary N) is 1. The van der Waals surface area contributed by atoms with Gasteiger partial charge in [0.05, 0.1) is 11.0 Å². The third kappa shape index (κ3) is 2.58. The summed E-state index contributed by atoms with van der Waals surface area (Å²) in [6, 6.07) is 3.94. The number of sulfonamides is 1. The van der Waals surface area contributed by atoms with Gasteiger partial charge in [-0.25, -0.2) is 8.42 Å². The normalized spacial score (nSPS) is 28.1. The first kappa shape index (κ1) is 15.0. The average molecular weight is 323 g/mol. The average Bonchev–Trinajstić information content (AvgIpc) is 2.72. The molecule has 0 spiro atoms. The molecule has 0 unspecified atom stereocenters. The number of nitrogens with zero attached hydrogens (tertiary/aromatic N) is 2. The summed E-state index contributed by atoms with van der Waals surface area (Å²) in [7, 11) is -3.76. The largest absolute Gasteiger partial charge is 0.270 e. The molecule has 3 rings (SSSR count). The van der Waals surface area contributed by atoms with Crippen molar-refractivity contribution in [2.24, 2.45) is 10.9 Å². The highest BCUT2D eigenvalue weighted by molar-refractivity contribution is 7.90. The van der Waals surface area contributed by atoms with Crippen LogP contribution in [0.15, 0.2) is 28.1 Å². The number of nitro groups is 1. The maximum Gasteiger partial charge on any atom is 0.270 e. The number of amidine groups is 1. The van der Waals surface area contributed by atoms with Crippen LogP contribution >= 0.6 is 0 Å². The molecule has 0 saturated heterocycles. The zero-order valence-electron chi connectivity index (χ0n) is 12.2. The van der Waals surface area contributed by atoms with Crippen LogP contribution in [0.1, 0.15) is 38.2 Å². The van der Waals surface area contributed by atoms with E-state index in [9.17, 15) is 18.5 Å². The Labute approximate surface area is 128 Å². The van der Waals surface area contributed by atoms with Crippen LogP contribution in [0, 0.1) is 16.0 Å². The predicted molar refractivity (Wildman–Crippen MR) is 81.4 cm³/mol. The van der Waals surface area contributed by atoms with Gasteiger partial charge < -0.3 is 0 Å². The Morgan fingerprint density at radius 2 is 2.05 bits per heavy atom. The van der Waals surface area contributed by atoms with Crippen molar-refractivity contribution >= 4 is 21.5 Å². The second-order valence-corrected chi connectivity index (χ2v) is 7.50. The van der Waals surface area contributed by atoms with Gasteiger partial charge in [0.1, 0.15) is 10.7 Å². The summed E-state index contributed by atoms with van der Waals surface area (Å²) in [5.74, 6) is 0.719. The molecule has 1 aromatic rings. The number of fused-ring (bicyclic) bond motifs is 1. The molecule has 1 saturated carbocycles. The van der Waals surface area contributed by atoms with Gasteiger partial charge in [-0.3, -0.25) is 19.8 Å². The summed E-state index contributed by atoms with van der Waals surface area (Å²) < 4.78 is 26.7. The van der Waals surface area contributed by atoms with E-state index < -0.39 is 14.9 Å². The first-order valence-electron chi connectivity index (χ1n) is 7.28. The summed E-state index contributed by atoms with van der Waals surface area (Å²) in [6.07, 6.45) is 4.29. The molecule has 22 heavy (non-hydrogen) atoms. The van der Waals surface area contributed by atoms with Gasteiger partial charge in [0, 0.05) is 17.7 Å². The van der Waals surface area contributed by atoms with Crippen LogP contribution < -0.4 is 4.72 Å². The van der Waals surface area contributed by atoms with Crippen molar-refractivity contribution in [1.29, 1.82) is 0 Å². The molecule has 0 amide bonds. The molecule has 1 aliphatic carbocycles. The molecule has 2 aliphatic rings. The summed E-state index contributed by atoms with van der Waals surface area (Å²) in [6.45, 7) is 2.12. The van der Waals surface area contributed by atoms with Gasteiger partial charge in [-0.05, 0) is 24.8 Å². The van der Waals surface area contributed by atoms with Gasteiger partial charge in [0.15, 0.2) is 0 Å². The Hall–Kier alpha value is -1.96. The molecule has 1 heterocycles. The second-order valence-electron chi connectivity index (χ2n) is 5.85. The lowest BCUT2D eigenvalue weighted by Crippen LogP contribution is -2.27. The topological polar surface area (TPSA) is 102 Å². The van der Waals surface area contributed by atoms with E-state index in [1.54, 1.807) is 0 Å². The lowest BCUT2D eigenvalue weighted by molar-refractivity contribution is -0.385. The van der Waals surface area contributed by atoms with Gasteiger partial charge in [0.25, 0.3) is 15.7 Å². The Morgan fingerprint density at radius 3 is 2.73 bits per heavy atom. The van der Waals surface area contributed by atoms with E-state index in [0.29, 0.717) is 17.3 Å². The van der Waals surface area contributed by atoms with E-state index in [1.165, 1.54) is 18.6 Å². The molecule has 7 nitrogen and oxygen atoms in total. The molecular weight excluding hydrogens is 306 g/mol. The molecule has 1 fully saturated rings. The molecule has 1 N–H and O–H groups in total. The Kier molecular flexibility index (Phi) is 3.64. The zero-order valence-corrected chi connectivity index (χ0v) is 13.0. The second kappa shape index (κ2) is 5.35. The third-order valence-electron chi connectivity index (χ3n) is 4.31. The number of nitro benzene ring substituents is 1. The van der Waals surface area contributed by atoms with Crippen molar-refractivity contribution in [2.75, 3.05) is 0 Å². The van der Waals surface area contributed by atoms with Gasteiger partial charge in [-0.1, -0.05) is 19.8 Å². The van der Waals surface area contributed by atoms with Crippen LogP contribution in [0.5, 0.6) is 0 Å². The summed E-state index contributed by atoms with van der Waals surface area (Å²) in [5.41, 5.74) is 0.180. The summed E-state index contributed by atoms with van der Waals surface area (Å²) >= 11 is 0. The van der Waals surface area contributed by atoms with Crippen LogP contribution in [0.25, 0.3) is 0 Å². The Balaban J connectivity index is 2.03. The van der Waals surface area contributed by atoms with E-state index in [4.69, 9.17) is 0 Å². The minimum Gasteiger partial charge on any atom is -0.264 e. The summed E-state index contributed by atoms with van der Waals surface area (Å²) in [4.78, 5) is 14.7. The van der Waals surface area contributed by atoms with Crippen LogP contribution in [-0.4, -0.2) is 25.2 Å². The molecule has 1 aromatic carbocycles. The fraction of sp³-hybridized carbons (Fsp3) is 0.500. The number of non-ortho nitro benzene ring substituents is 1. The van der Waals surface area contributed by atoms with E-state index in [0.717, 1.165) is 25.3 Å². The number of rotatable bonds is 2. The highest BCUT2D eigenvalue weighted by Gasteiger charge is 2.34. The van der Waals surface area contributed by atoms with Crippen molar-refractivity contribution in [3.63, 3.8) is 0 Å². The highest BCUT2D eigenvalue weighted by Crippen LogP contribution is 2.30. The number of aliphatic imine (C=N–C) groups is 1. The van der Waals surface area contributed by atoms with Crippen molar-refractivity contribution in [3.05, 3.63) is 33.9 Å². The van der Waals surface area contributed by atoms with E-state index in [-0.39, 0.29) is 16.6 Å². The molecule has 0 bridgehead atoms. The van der Waals surface area contributed by atoms with E-state index in [2.05, 4.69) is 16.6 Å². The van der Waals surface area contributed by atoms with Crippen molar-refractivity contribution < 1.29 is 13.3 Å². The standard InChI is InChI=1S/C14H17N3O4S/c1-9-4-2-3-5-12(9)15-14-11-7-6-10(17(18)19)8-13(11)22(20,21)16-14/h6-9,12H,2-5H2,1H3,(H,15,16)/t9-,12-/m1/s1. The lowest BCUT2D eigenvalue weighted by Gasteiger charge is -2.25. The Bertz CT molecular complexity index is 757. The number of hydrogen-bond acceptors (Lipinski definition) is 5.